The maximum absolute atomic E-state index is 9.60. The number of benzene rings is 1. The van der Waals surface area contributed by atoms with Crippen molar-refractivity contribution in [3.8, 4) is 0 Å². The van der Waals surface area contributed by atoms with Crippen LogP contribution in [0.4, 0.5) is 0 Å². The summed E-state index contributed by atoms with van der Waals surface area (Å²) in [5.41, 5.74) is 0.983. The first-order valence-electron chi connectivity index (χ1n) is 8.61. The second-order valence-electron chi connectivity index (χ2n) is 7.17. The van der Waals surface area contributed by atoms with E-state index in [-0.39, 0.29) is 12.2 Å². The zero-order chi connectivity index (χ0) is 18.0. The zero-order valence-corrected chi connectivity index (χ0v) is 15.3. The van der Waals surface area contributed by atoms with Gasteiger partial charge in [0.15, 0.2) is 0 Å². The van der Waals surface area contributed by atoms with Crippen molar-refractivity contribution in [3.05, 3.63) is 35.9 Å². The summed E-state index contributed by atoms with van der Waals surface area (Å²) < 4.78 is 4.55. The highest BCUT2D eigenvalue weighted by atomic mass is 16.5. The minimum Gasteiger partial charge on any atom is -0.462 e. The highest BCUT2D eigenvalue weighted by Crippen LogP contribution is 2.17. The van der Waals surface area contributed by atoms with E-state index in [2.05, 4.69) is 46.6 Å². The van der Waals surface area contributed by atoms with Gasteiger partial charge in [-0.1, -0.05) is 30.3 Å². The third-order valence-electron chi connectivity index (χ3n) is 4.03. The van der Waals surface area contributed by atoms with Gasteiger partial charge in [0.2, 0.25) is 0 Å². The Morgan fingerprint density at radius 3 is 2.54 bits per heavy atom. The van der Waals surface area contributed by atoms with Crippen molar-refractivity contribution in [2.45, 2.75) is 51.8 Å². The lowest BCUT2D eigenvalue weighted by Gasteiger charge is -2.34. The van der Waals surface area contributed by atoms with Crippen LogP contribution in [0.15, 0.2) is 30.3 Å². The van der Waals surface area contributed by atoms with Crippen molar-refractivity contribution in [1.29, 1.82) is 0 Å². The first-order chi connectivity index (χ1) is 11.4. The minimum absolute atomic E-state index is 0.279. The summed E-state index contributed by atoms with van der Waals surface area (Å²) in [7, 11) is 0. The monoisotopic (exact) mass is 336 g/mol. The highest BCUT2D eigenvalue weighted by Gasteiger charge is 2.25. The standard InChI is InChI=1S/C14H22N2O.C5H10O2/c1-11(12-5-3-2-4-6-12)16-14-9-15-8-7-13(14)10-17;1-5(2,3)7-4-6/h2-6,11,13-17H,7-10H2,1H3;4H,1-3H3. The molecule has 1 saturated heterocycles. The molecule has 0 bridgehead atoms. The van der Waals surface area contributed by atoms with Crippen molar-refractivity contribution in [2.24, 2.45) is 5.92 Å². The third-order valence-corrected chi connectivity index (χ3v) is 4.03. The smallest absolute Gasteiger partial charge is 0.293 e. The summed E-state index contributed by atoms with van der Waals surface area (Å²) in [4.78, 5) is 9.60. The fourth-order valence-corrected chi connectivity index (χ4v) is 2.63. The number of ether oxygens (including phenoxy) is 1. The minimum atomic E-state index is -0.318. The Hall–Kier alpha value is -1.43. The normalized spacial score (nSPS) is 22.0. The van der Waals surface area contributed by atoms with Crippen LogP contribution in [0.25, 0.3) is 0 Å². The molecule has 1 aromatic rings. The van der Waals surface area contributed by atoms with Gasteiger partial charge in [-0.25, -0.2) is 0 Å². The van der Waals surface area contributed by atoms with E-state index in [1.165, 1.54) is 5.56 Å². The number of aliphatic hydroxyl groups is 1. The first-order valence-corrected chi connectivity index (χ1v) is 8.61. The van der Waals surface area contributed by atoms with Gasteiger partial charge in [0.05, 0.1) is 0 Å². The van der Waals surface area contributed by atoms with Gasteiger partial charge in [-0.05, 0) is 52.1 Å². The molecule has 0 aromatic heterocycles. The van der Waals surface area contributed by atoms with Crippen molar-refractivity contribution < 1.29 is 14.6 Å². The van der Waals surface area contributed by atoms with Crippen LogP contribution in [0.5, 0.6) is 0 Å². The molecule has 24 heavy (non-hydrogen) atoms. The van der Waals surface area contributed by atoms with Crippen LogP contribution in [-0.4, -0.2) is 42.9 Å². The molecule has 1 fully saturated rings. The van der Waals surface area contributed by atoms with Crippen LogP contribution in [0.2, 0.25) is 0 Å². The number of hydrogen-bond donors (Lipinski definition) is 3. The predicted octanol–water partition coefficient (Wildman–Crippen LogP) is 2.27. The summed E-state index contributed by atoms with van der Waals surface area (Å²) in [5.74, 6) is 0.377. The van der Waals surface area contributed by atoms with Crippen molar-refractivity contribution in [1.82, 2.24) is 10.6 Å². The lowest BCUT2D eigenvalue weighted by atomic mass is 9.92. The van der Waals surface area contributed by atoms with Crippen LogP contribution in [0, 0.1) is 5.92 Å². The lowest BCUT2D eigenvalue weighted by molar-refractivity contribution is -0.138. The SMILES string of the molecule is CC(C)(C)OC=O.CC(NC1CNCCC1CO)c1ccccc1. The molecule has 5 nitrogen and oxygen atoms in total. The summed E-state index contributed by atoms with van der Waals surface area (Å²) in [6.45, 7) is 10.3. The van der Waals surface area contributed by atoms with Crippen molar-refractivity contribution >= 4 is 6.47 Å². The van der Waals surface area contributed by atoms with Gasteiger partial charge in [-0.2, -0.15) is 0 Å². The molecule has 0 amide bonds. The fraction of sp³-hybridized carbons (Fsp3) is 0.632. The van der Waals surface area contributed by atoms with Crippen molar-refractivity contribution in [2.75, 3.05) is 19.7 Å². The Bertz CT molecular complexity index is 459. The van der Waals surface area contributed by atoms with Gasteiger partial charge in [-0.3, -0.25) is 4.79 Å². The Morgan fingerprint density at radius 1 is 1.38 bits per heavy atom. The quantitative estimate of drug-likeness (QED) is 0.720. The molecule has 3 N–H and O–H groups in total. The van der Waals surface area contributed by atoms with E-state index >= 15 is 0 Å². The van der Waals surface area contributed by atoms with Crippen LogP contribution in [0.1, 0.15) is 45.7 Å². The number of carbonyl (C=O) groups excluding carboxylic acids is 1. The van der Waals surface area contributed by atoms with E-state index in [4.69, 9.17) is 0 Å². The summed E-state index contributed by atoms with van der Waals surface area (Å²) >= 11 is 0. The summed E-state index contributed by atoms with van der Waals surface area (Å²) in [5, 5.41) is 16.4. The number of hydrogen-bond acceptors (Lipinski definition) is 5. The van der Waals surface area contributed by atoms with Gasteiger partial charge in [-0.15, -0.1) is 0 Å². The van der Waals surface area contributed by atoms with E-state index < -0.39 is 0 Å². The molecule has 1 heterocycles. The Labute approximate surface area is 145 Å². The Balaban J connectivity index is 0.000000351. The summed E-state index contributed by atoms with van der Waals surface area (Å²) in [6, 6.07) is 11.1. The lowest BCUT2D eigenvalue weighted by Crippen LogP contribution is -2.50. The molecule has 0 radical (unpaired) electrons. The molecular formula is C19H32N2O3. The van der Waals surface area contributed by atoms with Gasteiger partial charge in [0.25, 0.3) is 6.47 Å². The number of piperidine rings is 1. The highest BCUT2D eigenvalue weighted by molar-refractivity contribution is 5.37. The molecule has 2 rings (SSSR count). The van der Waals surface area contributed by atoms with Crippen LogP contribution in [-0.2, 0) is 9.53 Å². The largest absolute Gasteiger partial charge is 0.462 e. The van der Waals surface area contributed by atoms with Gasteiger partial charge >= 0.3 is 0 Å². The summed E-state index contributed by atoms with van der Waals surface area (Å²) in [6.07, 6.45) is 1.05. The number of rotatable bonds is 5. The van der Waals surface area contributed by atoms with Crippen LogP contribution in [0.3, 0.4) is 0 Å². The average molecular weight is 336 g/mol. The Morgan fingerprint density at radius 2 is 2.04 bits per heavy atom. The van der Waals surface area contributed by atoms with Crippen LogP contribution >= 0.6 is 0 Å². The van der Waals surface area contributed by atoms with E-state index in [0.29, 0.717) is 24.5 Å². The second kappa shape index (κ2) is 10.4. The average Bonchev–Trinajstić information content (AvgIpc) is 2.55. The number of carbonyl (C=O) groups is 1. The number of nitrogens with one attached hydrogen (secondary N) is 2. The molecule has 3 atom stereocenters. The molecule has 1 aliphatic rings. The molecule has 3 unspecified atom stereocenters. The molecule has 1 aromatic carbocycles. The third kappa shape index (κ3) is 7.90. The first kappa shape index (κ1) is 20.6. The van der Waals surface area contributed by atoms with Gasteiger partial charge in [0.1, 0.15) is 5.60 Å². The van der Waals surface area contributed by atoms with Crippen molar-refractivity contribution in [3.63, 3.8) is 0 Å². The molecule has 0 aliphatic carbocycles. The topological polar surface area (TPSA) is 70.6 Å². The molecule has 0 spiro atoms. The van der Waals surface area contributed by atoms with E-state index in [1.54, 1.807) is 0 Å². The van der Waals surface area contributed by atoms with Gasteiger partial charge < -0.3 is 20.5 Å². The van der Waals surface area contributed by atoms with Crippen LogP contribution < -0.4 is 10.6 Å². The van der Waals surface area contributed by atoms with E-state index in [0.717, 1.165) is 19.5 Å². The molecule has 0 saturated carbocycles. The van der Waals surface area contributed by atoms with Gasteiger partial charge in [0, 0.05) is 25.2 Å². The maximum atomic E-state index is 9.60. The van der Waals surface area contributed by atoms with E-state index in [1.807, 2.05) is 26.8 Å². The molecule has 136 valence electrons. The zero-order valence-electron chi connectivity index (χ0n) is 15.3. The molecular weight excluding hydrogens is 304 g/mol. The number of aliphatic hydroxyl groups excluding tert-OH is 1. The maximum Gasteiger partial charge on any atom is 0.293 e. The molecule has 1 aliphatic heterocycles. The fourth-order valence-electron chi connectivity index (χ4n) is 2.63. The Kier molecular flexibility index (Phi) is 8.97. The molecule has 5 heteroatoms. The van der Waals surface area contributed by atoms with E-state index in [9.17, 15) is 9.90 Å². The second-order valence-corrected chi connectivity index (χ2v) is 7.17. The predicted molar refractivity (Wildman–Crippen MR) is 96.7 cm³/mol.